The second-order valence-corrected chi connectivity index (χ2v) is 18.0. The van der Waals surface area contributed by atoms with Gasteiger partial charge in [-0.2, -0.15) is 36.5 Å². The van der Waals surface area contributed by atoms with Crippen LogP contribution in [0.5, 0.6) is 0 Å². The first kappa shape index (κ1) is 48.9. The molecule has 23 heteroatoms. The Morgan fingerprint density at radius 3 is 1.64 bits per heavy atom. The highest BCUT2D eigenvalue weighted by molar-refractivity contribution is 7.99. The van der Waals surface area contributed by atoms with Crippen molar-refractivity contribution in [3.8, 4) is 22.5 Å². The molecule has 2 atom stereocenters. The zero-order valence-corrected chi connectivity index (χ0v) is 38.0. The molecule has 2 fully saturated rings. The smallest absolute Gasteiger partial charge is 0.382 e. The van der Waals surface area contributed by atoms with E-state index in [1.165, 1.54) is 45.7 Å². The fourth-order valence-electron chi connectivity index (χ4n) is 7.02. The number of fused-ring (bicyclic) bond motifs is 2. The van der Waals surface area contributed by atoms with Crippen molar-refractivity contribution in [3.05, 3.63) is 118 Å². The van der Waals surface area contributed by atoms with E-state index in [0.29, 0.717) is 43.6 Å². The summed E-state index contributed by atoms with van der Waals surface area (Å²) >= 11 is 7.18. The first-order chi connectivity index (χ1) is 32.7. The van der Waals surface area contributed by atoms with Gasteiger partial charge in [0.15, 0.2) is 28.7 Å². The number of carbonyl (C=O) groups is 2. The van der Waals surface area contributed by atoms with Crippen molar-refractivity contribution in [1.82, 2.24) is 39.8 Å². The topological polar surface area (TPSA) is 183 Å². The monoisotopic (exact) mass is 998 g/mol. The van der Waals surface area contributed by atoms with E-state index in [1.807, 2.05) is 26.0 Å². The lowest BCUT2D eigenvalue weighted by Gasteiger charge is -2.16. The average Bonchev–Trinajstić information content (AvgIpc) is 4.20. The summed E-state index contributed by atoms with van der Waals surface area (Å²) in [4.78, 5) is 34.0. The number of alkyl halides is 6. The number of amides is 2. The zero-order chi connectivity index (χ0) is 49.4. The molecule has 362 valence electrons. The highest BCUT2D eigenvalue weighted by Crippen LogP contribution is 2.34. The fourth-order valence-corrected chi connectivity index (χ4v) is 8.07. The number of hydrogen-bond donors (Lipinski definition) is 6. The Bertz CT molecular complexity index is 3050. The predicted octanol–water partition coefficient (Wildman–Crippen LogP) is 8.81. The van der Waals surface area contributed by atoms with E-state index >= 15 is 0 Å². The van der Waals surface area contributed by atoms with E-state index in [0.717, 1.165) is 48.6 Å². The summed E-state index contributed by atoms with van der Waals surface area (Å²) in [5, 5.41) is 39.0. The quantitative estimate of drug-likeness (QED) is 0.0573. The van der Waals surface area contributed by atoms with Gasteiger partial charge in [-0.3, -0.25) is 9.59 Å². The summed E-state index contributed by atoms with van der Waals surface area (Å²) in [6.45, 7) is 2.09. The first-order valence-electron chi connectivity index (χ1n) is 21.4. The van der Waals surface area contributed by atoms with Crippen LogP contribution in [0.25, 0.3) is 33.8 Å². The minimum absolute atomic E-state index is 0.0351. The van der Waals surface area contributed by atoms with Crippen molar-refractivity contribution in [1.29, 1.82) is 0 Å². The molecule has 3 aromatic carbocycles. The number of imidazole rings is 2. The van der Waals surface area contributed by atoms with Crippen LogP contribution >= 0.6 is 23.4 Å². The molecule has 2 saturated carbocycles. The Hall–Kier alpha value is -6.49. The van der Waals surface area contributed by atoms with E-state index < -0.39 is 43.5 Å². The molecule has 4 heterocycles. The molecule has 0 saturated heterocycles. The number of nitrogens with zero attached hydrogens (tertiary/aromatic N) is 6. The average molecular weight is 999 g/mol. The van der Waals surface area contributed by atoms with Crippen LogP contribution in [0.1, 0.15) is 57.5 Å². The minimum Gasteiger partial charge on any atom is -0.382 e. The maximum Gasteiger partial charge on any atom is 0.416 e. The van der Waals surface area contributed by atoms with E-state index in [1.54, 1.807) is 36.4 Å². The van der Waals surface area contributed by atoms with Crippen LogP contribution in [0, 0.1) is 19.7 Å². The van der Waals surface area contributed by atoms with Gasteiger partial charge in [0.2, 0.25) is 0 Å². The third-order valence-electron chi connectivity index (χ3n) is 11.0. The lowest BCUT2D eigenvalue weighted by molar-refractivity contribution is -0.199. The van der Waals surface area contributed by atoms with Crippen LogP contribution < -0.4 is 21.3 Å². The van der Waals surface area contributed by atoms with Gasteiger partial charge in [0.25, 0.3) is 11.8 Å². The third kappa shape index (κ3) is 11.9. The van der Waals surface area contributed by atoms with Crippen LogP contribution in [0.15, 0.2) is 95.1 Å². The van der Waals surface area contributed by atoms with E-state index in [9.17, 15) is 50.5 Å². The molecular weight excluding hydrogens is 957 g/mol. The van der Waals surface area contributed by atoms with Crippen molar-refractivity contribution in [2.45, 2.75) is 86.1 Å². The Labute approximate surface area is 397 Å². The number of aromatic nitrogens is 6. The highest BCUT2D eigenvalue weighted by atomic mass is 35.5. The zero-order valence-electron chi connectivity index (χ0n) is 36.5. The molecule has 69 heavy (non-hydrogen) atoms. The van der Waals surface area contributed by atoms with Crippen molar-refractivity contribution in [2.24, 2.45) is 0 Å². The molecule has 2 unspecified atom stereocenters. The molecule has 2 aliphatic carbocycles. The maximum absolute atomic E-state index is 13.7. The number of aliphatic hydroxyl groups excluding tert-OH is 2. The normalized spacial score (nSPS) is 14.8. The minimum atomic E-state index is -4.79. The van der Waals surface area contributed by atoms with Gasteiger partial charge in [0.1, 0.15) is 10.8 Å². The van der Waals surface area contributed by atoms with Gasteiger partial charge in [-0.1, -0.05) is 41.6 Å². The van der Waals surface area contributed by atoms with E-state index in [2.05, 4.69) is 41.4 Å². The Morgan fingerprint density at radius 2 is 1.19 bits per heavy atom. The summed E-state index contributed by atoms with van der Waals surface area (Å²) in [7, 11) is 0. The standard InChI is InChI=1S/C26H23F4N5O2S.C20H19ClF3N5O2/c1-14-9-15(5-8-19(14)25(37)33-17-6-7-17)21-12-32-24-20(31-13-22(36)26(28,29)30)11-23(34-35(21)24)38-18-4-2-3-16(27)10-18;1-10-6-11(2-5-13(10)19(31)27-12-3-4-12)15-8-26-18-14(7-17(21)28-29(15)18)25-9-16(30)20(22,23)24/h2-5,8-12,17,22,31,36H,6-7,13H2,1H3,(H,33,37);2,5-8,12,16,25,30H,3-4,9H2,1H3,(H,27,31). The summed E-state index contributed by atoms with van der Waals surface area (Å²) in [6, 6.07) is 19.7. The largest absolute Gasteiger partial charge is 0.416 e. The molecular formula is C46H42ClF7N10O4S. The van der Waals surface area contributed by atoms with Crippen LogP contribution in [-0.2, 0) is 0 Å². The number of carbonyl (C=O) groups excluding carboxylic acids is 2. The summed E-state index contributed by atoms with van der Waals surface area (Å²) in [6.07, 6.45) is -7.67. The van der Waals surface area contributed by atoms with E-state index in [4.69, 9.17) is 11.6 Å². The number of nitrogens with one attached hydrogen (secondary N) is 4. The van der Waals surface area contributed by atoms with Gasteiger partial charge in [0.05, 0.1) is 35.2 Å². The van der Waals surface area contributed by atoms with Gasteiger partial charge in [0, 0.05) is 58.4 Å². The molecule has 2 amide bonds. The molecule has 9 rings (SSSR count). The second-order valence-electron chi connectivity index (χ2n) is 16.5. The number of anilines is 2. The van der Waals surface area contributed by atoms with Crippen molar-refractivity contribution in [2.75, 3.05) is 23.7 Å². The number of rotatable bonds is 14. The number of aliphatic hydroxyl groups is 2. The molecule has 4 aromatic heterocycles. The van der Waals surface area contributed by atoms with Gasteiger partial charge < -0.3 is 31.5 Å². The third-order valence-corrected chi connectivity index (χ3v) is 12.1. The fraction of sp³-hybridized carbons (Fsp3) is 0.304. The molecule has 0 radical (unpaired) electrons. The number of benzene rings is 3. The summed E-state index contributed by atoms with van der Waals surface area (Å²) in [5.41, 5.74) is 6.03. The Morgan fingerprint density at radius 1 is 0.710 bits per heavy atom. The van der Waals surface area contributed by atoms with Gasteiger partial charge in [-0.25, -0.2) is 23.4 Å². The second kappa shape index (κ2) is 19.9. The number of hydrogen-bond acceptors (Lipinski definition) is 11. The summed E-state index contributed by atoms with van der Waals surface area (Å²) < 4.78 is 93.1. The molecule has 0 bridgehead atoms. The molecule has 7 aromatic rings. The molecule has 14 nitrogen and oxygen atoms in total. The van der Waals surface area contributed by atoms with Crippen molar-refractivity contribution >= 4 is 57.8 Å². The lowest BCUT2D eigenvalue weighted by Crippen LogP contribution is -2.35. The molecule has 2 aliphatic rings. The van der Waals surface area contributed by atoms with Crippen molar-refractivity contribution < 1.29 is 50.5 Å². The summed E-state index contributed by atoms with van der Waals surface area (Å²) in [5.74, 6) is -0.704. The Balaban J connectivity index is 0.000000190. The molecule has 0 spiro atoms. The predicted molar refractivity (Wildman–Crippen MR) is 244 cm³/mol. The SMILES string of the molecule is Cc1cc(-c2cnc3c(NCC(O)C(F)(F)F)cc(Cl)nn23)ccc1C(=O)NC1CC1.Cc1cc(-c2cnc3c(NCC(O)C(F)(F)F)cc(Sc4cccc(F)c4)nn23)ccc1C(=O)NC1CC1. The van der Waals surface area contributed by atoms with Crippen LogP contribution in [-0.4, -0.2) is 101 Å². The lowest BCUT2D eigenvalue weighted by atomic mass is 10.0. The number of aryl methyl sites for hydroxylation is 2. The maximum atomic E-state index is 13.7. The van der Waals surface area contributed by atoms with E-state index in [-0.39, 0.29) is 51.7 Å². The van der Waals surface area contributed by atoms with Crippen molar-refractivity contribution in [3.63, 3.8) is 0 Å². The van der Waals surface area contributed by atoms with Crippen LogP contribution in [0.4, 0.5) is 42.1 Å². The number of halogens is 8. The molecule has 6 N–H and O–H groups in total. The Kier molecular flexibility index (Phi) is 14.1. The van der Waals surface area contributed by atoms with Gasteiger partial charge in [-0.05, 0) is 99.2 Å². The first-order valence-corrected chi connectivity index (χ1v) is 22.6. The molecule has 0 aliphatic heterocycles. The highest BCUT2D eigenvalue weighted by Gasteiger charge is 2.39. The van der Waals surface area contributed by atoms with Crippen LogP contribution in [0.2, 0.25) is 5.15 Å². The van der Waals surface area contributed by atoms with Gasteiger partial charge >= 0.3 is 12.4 Å². The van der Waals surface area contributed by atoms with Crippen LogP contribution in [0.3, 0.4) is 0 Å². The van der Waals surface area contributed by atoms with Gasteiger partial charge in [-0.15, -0.1) is 0 Å².